The number of hydrogen-bond acceptors (Lipinski definition) is 3. The van der Waals surface area contributed by atoms with E-state index in [9.17, 15) is 0 Å². The van der Waals surface area contributed by atoms with Gasteiger partial charge in [0.2, 0.25) is 0 Å². The van der Waals surface area contributed by atoms with E-state index in [0.29, 0.717) is 0 Å². The fourth-order valence-corrected chi connectivity index (χ4v) is 6.33. The molecule has 1 saturated heterocycles. The highest BCUT2D eigenvalue weighted by molar-refractivity contribution is 7.25. The molecule has 0 bridgehead atoms. The summed E-state index contributed by atoms with van der Waals surface area (Å²) < 4.78 is 17.7. The Morgan fingerprint density at radius 1 is 0.711 bits per heavy atom. The first-order valence-corrected chi connectivity index (χ1v) is 13.9. The molecule has 1 fully saturated rings. The van der Waals surface area contributed by atoms with Gasteiger partial charge in [-0.25, -0.2) is 0 Å². The Bertz CT molecular complexity index is 1810. The number of benzene rings is 4. The zero-order valence-corrected chi connectivity index (χ0v) is 23.4. The van der Waals surface area contributed by atoms with Crippen LogP contribution in [-0.4, -0.2) is 22.9 Å². The first kappa shape index (κ1) is 24.9. The van der Waals surface area contributed by atoms with Crippen molar-refractivity contribution in [3.63, 3.8) is 0 Å². The third kappa shape index (κ3) is 3.89. The number of thiophene rings is 1. The third-order valence-electron chi connectivity index (χ3n) is 7.84. The number of fused-ring (bicyclic) bond motifs is 6. The molecule has 3 nitrogen and oxygen atoms in total. The average molecular weight is 518 g/mol. The molecule has 3 heterocycles. The lowest BCUT2D eigenvalue weighted by molar-refractivity contribution is 0.00578. The van der Waals surface area contributed by atoms with Gasteiger partial charge in [0.15, 0.2) is 0 Å². The van der Waals surface area contributed by atoms with Crippen LogP contribution < -0.4 is 5.46 Å². The molecule has 0 unspecified atom stereocenters. The summed E-state index contributed by atoms with van der Waals surface area (Å²) in [7, 11) is -0.375. The standard InChI is InChI=1S/C30H26BNO2S.C3H6/c1-29(2)30(3,4)34-31(33-29)19-13-15-26-23(17-19)21-9-5-7-11-25(21)32(26)20-14-16-28-24(18-20)22-10-6-8-12-27(22)35-28;1-3-2/h5-18H,1-4H3;3H,1H2,2H3. The van der Waals surface area contributed by atoms with E-state index in [1.54, 1.807) is 6.08 Å². The van der Waals surface area contributed by atoms with Crippen molar-refractivity contribution in [1.29, 1.82) is 0 Å². The molecule has 0 spiro atoms. The van der Waals surface area contributed by atoms with Crippen molar-refractivity contribution in [2.75, 3.05) is 0 Å². The van der Waals surface area contributed by atoms with Gasteiger partial charge in [-0.05, 0) is 76.5 Å². The summed E-state index contributed by atoms with van der Waals surface area (Å²) in [5, 5.41) is 5.07. The molecule has 38 heavy (non-hydrogen) atoms. The molecule has 1 aliphatic rings. The minimum absolute atomic E-state index is 0.362. The summed E-state index contributed by atoms with van der Waals surface area (Å²) in [6, 6.07) is 30.8. The second kappa shape index (κ2) is 9.13. The van der Waals surface area contributed by atoms with Gasteiger partial charge in [0.1, 0.15) is 0 Å². The van der Waals surface area contributed by atoms with Crippen molar-refractivity contribution in [2.24, 2.45) is 0 Å². The van der Waals surface area contributed by atoms with Crippen LogP contribution in [0.5, 0.6) is 0 Å². The molecule has 4 aromatic carbocycles. The largest absolute Gasteiger partial charge is 0.494 e. The van der Waals surface area contributed by atoms with Gasteiger partial charge in [-0.2, -0.15) is 0 Å². The molecule has 0 atom stereocenters. The Morgan fingerprint density at radius 3 is 2.05 bits per heavy atom. The van der Waals surface area contributed by atoms with E-state index in [-0.39, 0.29) is 18.3 Å². The van der Waals surface area contributed by atoms with Crippen LogP contribution in [0, 0.1) is 0 Å². The highest BCUT2D eigenvalue weighted by Crippen LogP contribution is 2.39. The molecule has 6 aromatic rings. The van der Waals surface area contributed by atoms with Gasteiger partial charge in [0.05, 0.1) is 22.2 Å². The van der Waals surface area contributed by atoms with Crippen molar-refractivity contribution >= 4 is 65.9 Å². The van der Waals surface area contributed by atoms with Crippen molar-refractivity contribution in [3.05, 3.63) is 97.6 Å². The molecule has 0 N–H and O–H groups in total. The molecular formula is C33H32BNO2S. The zero-order valence-electron chi connectivity index (χ0n) is 22.6. The number of nitrogens with zero attached hydrogens (tertiary/aromatic N) is 1. The van der Waals surface area contributed by atoms with Crippen LogP contribution in [0.3, 0.4) is 0 Å². The molecule has 2 aromatic heterocycles. The third-order valence-corrected chi connectivity index (χ3v) is 8.99. The Labute approximate surface area is 228 Å². The number of allylic oxidation sites excluding steroid dienone is 1. The molecule has 7 rings (SSSR count). The van der Waals surface area contributed by atoms with Gasteiger partial charge in [-0.15, -0.1) is 17.9 Å². The maximum absolute atomic E-state index is 6.35. The fraction of sp³-hybridized carbons (Fsp3) is 0.212. The normalized spacial score (nSPS) is 16.3. The van der Waals surface area contributed by atoms with E-state index >= 15 is 0 Å². The Kier molecular flexibility index (Phi) is 5.99. The van der Waals surface area contributed by atoms with Gasteiger partial charge in [-0.3, -0.25) is 0 Å². The van der Waals surface area contributed by atoms with Crippen LogP contribution >= 0.6 is 11.3 Å². The van der Waals surface area contributed by atoms with Crippen LogP contribution in [0.15, 0.2) is 97.6 Å². The van der Waals surface area contributed by atoms with E-state index in [4.69, 9.17) is 9.31 Å². The highest BCUT2D eigenvalue weighted by atomic mass is 32.1. The van der Waals surface area contributed by atoms with Crippen molar-refractivity contribution in [2.45, 2.75) is 45.8 Å². The molecule has 5 heteroatoms. The maximum atomic E-state index is 6.35. The van der Waals surface area contributed by atoms with E-state index in [0.717, 1.165) is 5.46 Å². The van der Waals surface area contributed by atoms with Gasteiger partial charge >= 0.3 is 7.12 Å². The van der Waals surface area contributed by atoms with Crippen LogP contribution in [0.4, 0.5) is 0 Å². The number of hydrogen-bond donors (Lipinski definition) is 0. The minimum atomic E-state index is -0.375. The summed E-state index contributed by atoms with van der Waals surface area (Å²) in [6.07, 6.45) is 1.75. The SMILES string of the molecule is C=CC.CC1(C)OB(c2ccc3c(c2)c2ccccc2n3-c2ccc3sc4ccccc4c3c2)OC1(C)C. The monoisotopic (exact) mass is 517 g/mol. The van der Waals surface area contributed by atoms with Crippen molar-refractivity contribution < 1.29 is 9.31 Å². The molecule has 0 aliphatic carbocycles. The highest BCUT2D eigenvalue weighted by Gasteiger charge is 2.51. The maximum Gasteiger partial charge on any atom is 0.494 e. The molecule has 0 amide bonds. The zero-order chi connectivity index (χ0) is 26.7. The Balaban J connectivity index is 0.000000843. The Hall–Kier alpha value is -3.38. The van der Waals surface area contributed by atoms with E-state index in [2.05, 4.69) is 124 Å². The fourth-order valence-electron chi connectivity index (χ4n) is 5.25. The van der Waals surface area contributed by atoms with Crippen LogP contribution in [0.25, 0.3) is 47.7 Å². The van der Waals surface area contributed by atoms with Gasteiger partial charge < -0.3 is 13.9 Å². The van der Waals surface area contributed by atoms with Crippen LogP contribution in [-0.2, 0) is 9.31 Å². The summed E-state index contributed by atoms with van der Waals surface area (Å²) in [5.41, 5.74) is 3.89. The number of para-hydroxylation sites is 1. The van der Waals surface area contributed by atoms with Crippen molar-refractivity contribution in [1.82, 2.24) is 4.57 Å². The Morgan fingerprint density at radius 2 is 1.32 bits per heavy atom. The molecular weight excluding hydrogens is 485 g/mol. The number of aromatic nitrogens is 1. The lowest BCUT2D eigenvalue weighted by atomic mass is 9.78. The van der Waals surface area contributed by atoms with E-state index in [1.165, 1.54) is 47.7 Å². The lowest BCUT2D eigenvalue weighted by Crippen LogP contribution is -2.41. The first-order valence-electron chi connectivity index (χ1n) is 13.1. The smallest absolute Gasteiger partial charge is 0.399 e. The molecule has 0 saturated carbocycles. The van der Waals surface area contributed by atoms with Gasteiger partial charge in [0.25, 0.3) is 0 Å². The predicted molar refractivity (Wildman–Crippen MR) is 165 cm³/mol. The molecule has 1 aliphatic heterocycles. The van der Waals surface area contributed by atoms with Gasteiger partial charge in [0, 0.05) is 36.6 Å². The predicted octanol–water partition coefficient (Wildman–Crippen LogP) is 8.64. The van der Waals surface area contributed by atoms with Gasteiger partial charge in [-0.1, -0.05) is 54.6 Å². The number of rotatable bonds is 2. The second-order valence-corrected chi connectivity index (χ2v) is 12.0. The van der Waals surface area contributed by atoms with Crippen molar-refractivity contribution in [3.8, 4) is 5.69 Å². The molecule has 0 radical (unpaired) electrons. The summed E-state index contributed by atoms with van der Waals surface area (Å²) >= 11 is 1.85. The molecule has 190 valence electrons. The summed E-state index contributed by atoms with van der Waals surface area (Å²) in [4.78, 5) is 0. The topological polar surface area (TPSA) is 23.4 Å². The van der Waals surface area contributed by atoms with Crippen LogP contribution in [0.2, 0.25) is 0 Å². The van der Waals surface area contributed by atoms with E-state index in [1.807, 2.05) is 18.3 Å². The quantitative estimate of drug-likeness (QED) is 0.170. The summed E-state index contributed by atoms with van der Waals surface area (Å²) in [6.45, 7) is 13.6. The second-order valence-electron chi connectivity index (χ2n) is 10.9. The van der Waals surface area contributed by atoms with E-state index < -0.39 is 0 Å². The minimum Gasteiger partial charge on any atom is -0.399 e. The summed E-state index contributed by atoms with van der Waals surface area (Å²) in [5.74, 6) is 0. The lowest BCUT2D eigenvalue weighted by Gasteiger charge is -2.32. The average Bonchev–Trinajstić information content (AvgIpc) is 3.50. The van der Waals surface area contributed by atoms with Crippen LogP contribution in [0.1, 0.15) is 34.6 Å². The first-order chi connectivity index (χ1) is 18.2.